The summed E-state index contributed by atoms with van der Waals surface area (Å²) in [6.45, 7) is 4.52. The van der Waals surface area contributed by atoms with Crippen LogP contribution in [0.2, 0.25) is 0 Å². The van der Waals surface area contributed by atoms with Crippen LogP contribution >= 0.6 is 11.3 Å². The van der Waals surface area contributed by atoms with Crippen LogP contribution in [0.25, 0.3) is 10.6 Å². The number of amides is 1. The van der Waals surface area contributed by atoms with Crippen molar-refractivity contribution >= 4 is 17.2 Å². The lowest BCUT2D eigenvalue weighted by atomic mass is 10.0. The standard InChI is InChI=1S/C15H20N4O2S/c1-15(14(20)16-2)10-19(5-6-21-15)9-11-8-17-18-13(11)12-4-3-7-22-12/h3-4,7-8H,5-6,9-10H2,1-2H3,(H,16,20)(H,17,18)/t15-/m1/s1. The maximum Gasteiger partial charge on any atom is 0.253 e. The smallest absolute Gasteiger partial charge is 0.253 e. The van der Waals surface area contributed by atoms with Crippen LogP contribution in [0.4, 0.5) is 0 Å². The zero-order chi connectivity index (χ0) is 15.6. The summed E-state index contributed by atoms with van der Waals surface area (Å²) in [6.07, 6.45) is 1.86. The Morgan fingerprint density at radius 2 is 2.50 bits per heavy atom. The van der Waals surface area contributed by atoms with Crippen LogP contribution in [0, 0.1) is 0 Å². The van der Waals surface area contributed by atoms with Gasteiger partial charge in [0.25, 0.3) is 5.91 Å². The van der Waals surface area contributed by atoms with E-state index in [-0.39, 0.29) is 5.91 Å². The van der Waals surface area contributed by atoms with Gasteiger partial charge in [0.1, 0.15) is 0 Å². The number of nitrogens with zero attached hydrogens (tertiary/aromatic N) is 2. The van der Waals surface area contributed by atoms with Crippen LogP contribution in [-0.2, 0) is 16.1 Å². The average Bonchev–Trinajstić information content (AvgIpc) is 3.17. The number of H-pyrrole nitrogens is 1. The van der Waals surface area contributed by atoms with Gasteiger partial charge in [0.2, 0.25) is 0 Å². The summed E-state index contributed by atoms with van der Waals surface area (Å²) in [7, 11) is 1.64. The van der Waals surface area contributed by atoms with Crippen molar-refractivity contribution < 1.29 is 9.53 Å². The van der Waals surface area contributed by atoms with E-state index in [1.165, 1.54) is 4.88 Å². The van der Waals surface area contributed by atoms with Crippen molar-refractivity contribution in [2.45, 2.75) is 19.1 Å². The highest BCUT2D eigenvalue weighted by atomic mass is 32.1. The van der Waals surface area contributed by atoms with Crippen molar-refractivity contribution in [1.29, 1.82) is 0 Å². The number of morpholine rings is 1. The predicted octanol–water partition coefficient (Wildman–Crippen LogP) is 1.48. The molecule has 1 saturated heterocycles. The van der Waals surface area contributed by atoms with E-state index in [9.17, 15) is 4.79 Å². The zero-order valence-corrected chi connectivity index (χ0v) is 13.6. The molecule has 22 heavy (non-hydrogen) atoms. The van der Waals surface area contributed by atoms with Crippen molar-refractivity contribution in [3.05, 3.63) is 29.3 Å². The van der Waals surface area contributed by atoms with E-state index in [1.807, 2.05) is 19.2 Å². The van der Waals surface area contributed by atoms with E-state index in [4.69, 9.17) is 4.74 Å². The number of thiophene rings is 1. The lowest BCUT2D eigenvalue weighted by Gasteiger charge is -2.39. The molecule has 6 nitrogen and oxygen atoms in total. The molecule has 2 N–H and O–H groups in total. The molecular formula is C15H20N4O2S. The van der Waals surface area contributed by atoms with Crippen molar-refractivity contribution in [2.75, 3.05) is 26.7 Å². The van der Waals surface area contributed by atoms with Gasteiger partial charge in [0.15, 0.2) is 5.60 Å². The molecule has 0 bridgehead atoms. The fraction of sp³-hybridized carbons (Fsp3) is 0.467. The maximum atomic E-state index is 12.0. The summed E-state index contributed by atoms with van der Waals surface area (Å²) >= 11 is 1.69. The minimum Gasteiger partial charge on any atom is -0.363 e. The van der Waals surface area contributed by atoms with E-state index in [0.717, 1.165) is 24.3 Å². The normalized spacial score (nSPS) is 22.6. The van der Waals surface area contributed by atoms with Gasteiger partial charge in [0, 0.05) is 32.2 Å². The van der Waals surface area contributed by atoms with Gasteiger partial charge in [-0.15, -0.1) is 11.3 Å². The van der Waals surface area contributed by atoms with E-state index >= 15 is 0 Å². The highest BCUT2D eigenvalue weighted by molar-refractivity contribution is 7.13. The molecule has 1 aliphatic heterocycles. The van der Waals surface area contributed by atoms with Crippen molar-refractivity contribution in [3.8, 4) is 10.6 Å². The summed E-state index contributed by atoms with van der Waals surface area (Å²) < 4.78 is 5.69. The Kier molecular flexibility index (Phi) is 4.28. The first-order valence-electron chi connectivity index (χ1n) is 7.27. The molecule has 0 radical (unpaired) electrons. The summed E-state index contributed by atoms with van der Waals surface area (Å²) in [4.78, 5) is 15.4. The van der Waals surface area contributed by atoms with Crippen molar-refractivity contribution in [2.24, 2.45) is 0 Å². The highest BCUT2D eigenvalue weighted by Crippen LogP contribution is 2.28. The average molecular weight is 320 g/mol. The van der Waals surface area contributed by atoms with Crippen LogP contribution in [0.5, 0.6) is 0 Å². The number of aromatic nitrogens is 2. The van der Waals surface area contributed by atoms with Gasteiger partial charge in [-0.1, -0.05) is 6.07 Å². The third kappa shape index (κ3) is 2.92. The first-order valence-corrected chi connectivity index (χ1v) is 8.15. The topological polar surface area (TPSA) is 70.2 Å². The van der Waals surface area contributed by atoms with Crippen LogP contribution in [0.1, 0.15) is 12.5 Å². The number of nitrogens with one attached hydrogen (secondary N) is 2. The molecule has 3 heterocycles. The third-order valence-corrected chi connectivity index (χ3v) is 4.83. The summed E-state index contributed by atoms with van der Waals surface area (Å²) in [5, 5.41) is 12.0. The second-order valence-corrected chi connectivity index (χ2v) is 6.56. The molecule has 0 aliphatic carbocycles. The predicted molar refractivity (Wildman–Crippen MR) is 85.6 cm³/mol. The van der Waals surface area contributed by atoms with Gasteiger partial charge >= 0.3 is 0 Å². The number of ether oxygens (including phenoxy) is 1. The van der Waals surface area contributed by atoms with Crippen LogP contribution in [0.15, 0.2) is 23.7 Å². The molecule has 0 unspecified atom stereocenters. The number of carbonyl (C=O) groups is 1. The molecule has 0 aromatic carbocycles. The highest BCUT2D eigenvalue weighted by Gasteiger charge is 2.38. The molecule has 0 spiro atoms. The zero-order valence-electron chi connectivity index (χ0n) is 12.8. The molecular weight excluding hydrogens is 300 g/mol. The van der Waals surface area contributed by atoms with Crippen LogP contribution in [-0.4, -0.2) is 53.3 Å². The number of aromatic amines is 1. The molecule has 1 fully saturated rings. The summed E-state index contributed by atoms with van der Waals surface area (Å²) in [6, 6.07) is 4.11. The van der Waals surface area contributed by atoms with Crippen LogP contribution < -0.4 is 5.32 Å². The van der Waals surface area contributed by atoms with Crippen molar-refractivity contribution in [3.63, 3.8) is 0 Å². The Balaban J connectivity index is 1.74. The van der Waals surface area contributed by atoms with E-state index in [0.29, 0.717) is 13.2 Å². The molecule has 2 aromatic rings. The lowest BCUT2D eigenvalue weighted by Crippen LogP contribution is -2.57. The number of rotatable bonds is 4. The molecule has 1 aliphatic rings. The SMILES string of the molecule is CNC(=O)[C@@]1(C)CN(Cc2cn[nH]c2-c2cccs2)CCO1. The first kappa shape index (κ1) is 15.2. The van der Waals surface area contributed by atoms with Crippen molar-refractivity contribution in [1.82, 2.24) is 20.4 Å². The fourth-order valence-electron chi connectivity index (χ4n) is 2.79. The summed E-state index contributed by atoms with van der Waals surface area (Å²) in [5.74, 6) is -0.0807. The number of hydrogen-bond donors (Lipinski definition) is 2. The molecule has 118 valence electrons. The molecule has 3 rings (SSSR count). The number of likely N-dealkylation sites (N-methyl/N-ethyl adjacent to an activating group) is 1. The van der Waals surface area contributed by atoms with E-state index in [1.54, 1.807) is 18.4 Å². The Morgan fingerprint density at radius 3 is 3.23 bits per heavy atom. The van der Waals surface area contributed by atoms with Gasteiger partial charge in [0.05, 0.1) is 23.4 Å². The minimum absolute atomic E-state index is 0.0807. The third-order valence-electron chi connectivity index (χ3n) is 3.94. The Labute approximate surface area is 133 Å². The fourth-order valence-corrected chi connectivity index (χ4v) is 3.55. The lowest BCUT2D eigenvalue weighted by molar-refractivity contribution is -0.156. The Morgan fingerprint density at radius 1 is 1.64 bits per heavy atom. The molecule has 1 amide bonds. The molecule has 0 saturated carbocycles. The van der Waals surface area contributed by atoms with E-state index < -0.39 is 5.60 Å². The molecule has 1 atom stereocenters. The number of carbonyl (C=O) groups excluding carboxylic acids is 1. The van der Waals surface area contributed by atoms with Gasteiger partial charge in [-0.05, 0) is 18.4 Å². The summed E-state index contributed by atoms with van der Waals surface area (Å²) in [5.41, 5.74) is 1.41. The van der Waals surface area contributed by atoms with Crippen LogP contribution in [0.3, 0.4) is 0 Å². The maximum absolute atomic E-state index is 12.0. The van der Waals surface area contributed by atoms with Gasteiger partial charge in [-0.25, -0.2) is 0 Å². The monoisotopic (exact) mass is 320 g/mol. The quantitative estimate of drug-likeness (QED) is 0.895. The molecule has 7 heteroatoms. The van der Waals surface area contributed by atoms with Gasteiger partial charge in [-0.3, -0.25) is 14.8 Å². The first-order chi connectivity index (χ1) is 10.6. The second-order valence-electron chi connectivity index (χ2n) is 5.62. The second kappa shape index (κ2) is 6.20. The van der Waals surface area contributed by atoms with E-state index in [2.05, 4.69) is 31.9 Å². The Hall–Kier alpha value is -1.70. The largest absolute Gasteiger partial charge is 0.363 e. The molecule has 2 aromatic heterocycles. The Bertz CT molecular complexity index is 640. The van der Waals surface area contributed by atoms with Gasteiger partial charge in [-0.2, -0.15) is 5.10 Å². The van der Waals surface area contributed by atoms with Gasteiger partial charge < -0.3 is 10.1 Å². The minimum atomic E-state index is -0.792. The number of hydrogen-bond acceptors (Lipinski definition) is 5.